The molecule has 0 aliphatic carbocycles. The van der Waals surface area contributed by atoms with Crippen molar-refractivity contribution in [2.24, 2.45) is 0 Å². The summed E-state index contributed by atoms with van der Waals surface area (Å²) in [5.41, 5.74) is 2.96. The summed E-state index contributed by atoms with van der Waals surface area (Å²) in [5.74, 6) is -0.523. The molecule has 0 bridgehead atoms. The van der Waals surface area contributed by atoms with Crippen LogP contribution in [0.5, 0.6) is 0 Å². The molecule has 0 saturated heterocycles. The third-order valence-corrected chi connectivity index (χ3v) is 1.70. The van der Waals surface area contributed by atoms with Crippen molar-refractivity contribution < 1.29 is 10.0 Å². The SMILES string of the molecule is CCCc1cncc(C(=O)NO)c1. The highest BCUT2D eigenvalue weighted by molar-refractivity contribution is 5.93. The Balaban J connectivity index is 2.85. The average molecular weight is 180 g/mol. The summed E-state index contributed by atoms with van der Waals surface area (Å²) in [7, 11) is 0. The zero-order valence-electron chi connectivity index (χ0n) is 7.45. The molecular weight excluding hydrogens is 168 g/mol. The van der Waals surface area contributed by atoms with Crippen molar-refractivity contribution in [1.82, 2.24) is 10.5 Å². The van der Waals surface area contributed by atoms with Crippen LogP contribution >= 0.6 is 0 Å². The molecule has 70 valence electrons. The Morgan fingerprint density at radius 2 is 2.38 bits per heavy atom. The van der Waals surface area contributed by atoms with Gasteiger partial charge in [-0.2, -0.15) is 0 Å². The predicted octanol–water partition coefficient (Wildman–Crippen LogP) is 1.15. The molecule has 0 fully saturated rings. The molecule has 0 atom stereocenters. The molecule has 0 spiro atoms. The highest BCUT2D eigenvalue weighted by Gasteiger charge is 2.04. The molecule has 0 aliphatic heterocycles. The summed E-state index contributed by atoms with van der Waals surface area (Å²) in [6, 6.07) is 1.72. The minimum Gasteiger partial charge on any atom is -0.288 e. The van der Waals surface area contributed by atoms with E-state index in [0.717, 1.165) is 18.4 Å². The molecule has 2 N–H and O–H groups in total. The molecule has 1 aromatic rings. The summed E-state index contributed by atoms with van der Waals surface area (Å²) in [4.78, 5) is 14.9. The Labute approximate surface area is 76.6 Å². The van der Waals surface area contributed by atoms with Gasteiger partial charge in [0.25, 0.3) is 5.91 Å². The van der Waals surface area contributed by atoms with Gasteiger partial charge < -0.3 is 0 Å². The molecule has 0 aromatic carbocycles. The number of hydrogen-bond donors (Lipinski definition) is 2. The Hall–Kier alpha value is -1.42. The van der Waals surface area contributed by atoms with Crippen molar-refractivity contribution in [2.75, 3.05) is 0 Å². The maximum atomic E-state index is 11.0. The molecule has 1 rings (SSSR count). The molecular formula is C9H12N2O2. The van der Waals surface area contributed by atoms with Gasteiger partial charge in [-0.1, -0.05) is 13.3 Å². The molecule has 0 unspecified atom stereocenters. The van der Waals surface area contributed by atoms with Gasteiger partial charge in [0.05, 0.1) is 5.56 Å². The third-order valence-electron chi connectivity index (χ3n) is 1.70. The Morgan fingerprint density at radius 1 is 1.62 bits per heavy atom. The second kappa shape index (κ2) is 4.57. The van der Waals surface area contributed by atoms with Crippen LogP contribution in [-0.2, 0) is 6.42 Å². The second-order valence-electron chi connectivity index (χ2n) is 2.77. The van der Waals surface area contributed by atoms with Crippen LogP contribution in [0.2, 0.25) is 0 Å². The highest BCUT2D eigenvalue weighted by atomic mass is 16.5. The number of hydrogen-bond acceptors (Lipinski definition) is 3. The van der Waals surface area contributed by atoms with E-state index in [-0.39, 0.29) is 0 Å². The minimum atomic E-state index is -0.523. The van der Waals surface area contributed by atoms with Gasteiger partial charge in [-0.05, 0) is 18.1 Å². The third kappa shape index (κ3) is 2.52. The van der Waals surface area contributed by atoms with Crippen molar-refractivity contribution in [1.29, 1.82) is 0 Å². The van der Waals surface area contributed by atoms with Crippen molar-refractivity contribution >= 4 is 5.91 Å². The van der Waals surface area contributed by atoms with Crippen molar-refractivity contribution in [3.05, 3.63) is 29.6 Å². The highest BCUT2D eigenvalue weighted by Crippen LogP contribution is 2.04. The van der Waals surface area contributed by atoms with Crippen LogP contribution < -0.4 is 5.48 Å². The van der Waals surface area contributed by atoms with Crippen molar-refractivity contribution in [3.8, 4) is 0 Å². The lowest BCUT2D eigenvalue weighted by atomic mass is 10.1. The molecule has 1 heterocycles. The normalized spacial score (nSPS) is 9.69. The summed E-state index contributed by atoms with van der Waals surface area (Å²) in [5, 5.41) is 8.38. The first-order valence-corrected chi connectivity index (χ1v) is 4.16. The molecule has 0 aliphatic rings. The molecule has 13 heavy (non-hydrogen) atoms. The monoisotopic (exact) mass is 180 g/mol. The van der Waals surface area contributed by atoms with Gasteiger partial charge in [-0.15, -0.1) is 0 Å². The zero-order chi connectivity index (χ0) is 9.68. The predicted molar refractivity (Wildman–Crippen MR) is 47.5 cm³/mol. The number of hydroxylamine groups is 1. The fourth-order valence-corrected chi connectivity index (χ4v) is 1.10. The number of carbonyl (C=O) groups excluding carboxylic acids is 1. The smallest absolute Gasteiger partial charge is 0.276 e. The number of aryl methyl sites for hydroxylation is 1. The number of carbonyl (C=O) groups is 1. The summed E-state index contributed by atoms with van der Waals surface area (Å²) < 4.78 is 0. The Morgan fingerprint density at radius 3 is 3.00 bits per heavy atom. The topological polar surface area (TPSA) is 62.2 Å². The van der Waals surface area contributed by atoms with Gasteiger partial charge in [0.15, 0.2) is 0 Å². The van der Waals surface area contributed by atoms with Gasteiger partial charge in [-0.3, -0.25) is 15.0 Å². The van der Waals surface area contributed by atoms with Crippen LogP contribution in [0.1, 0.15) is 29.3 Å². The maximum Gasteiger partial charge on any atom is 0.276 e. The van der Waals surface area contributed by atoms with Crippen LogP contribution in [0.3, 0.4) is 0 Å². The number of amides is 1. The molecule has 0 saturated carbocycles. The van der Waals surface area contributed by atoms with Crippen LogP contribution in [0, 0.1) is 0 Å². The van der Waals surface area contributed by atoms with Gasteiger partial charge in [0, 0.05) is 12.4 Å². The maximum absolute atomic E-state index is 11.0. The van der Waals surface area contributed by atoms with E-state index in [1.54, 1.807) is 17.7 Å². The lowest BCUT2D eigenvalue weighted by molar-refractivity contribution is 0.0706. The van der Waals surface area contributed by atoms with E-state index < -0.39 is 5.91 Å². The van der Waals surface area contributed by atoms with Gasteiger partial charge in [0.1, 0.15) is 0 Å². The van der Waals surface area contributed by atoms with Gasteiger partial charge >= 0.3 is 0 Å². The summed E-state index contributed by atoms with van der Waals surface area (Å²) in [6.07, 6.45) is 5.04. The summed E-state index contributed by atoms with van der Waals surface area (Å²) in [6.45, 7) is 2.05. The summed E-state index contributed by atoms with van der Waals surface area (Å²) >= 11 is 0. The zero-order valence-corrected chi connectivity index (χ0v) is 7.45. The van der Waals surface area contributed by atoms with Crippen molar-refractivity contribution in [2.45, 2.75) is 19.8 Å². The quantitative estimate of drug-likeness (QED) is 0.542. The van der Waals surface area contributed by atoms with E-state index in [1.165, 1.54) is 6.20 Å². The average Bonchev–Trinajstić information content (AvgIpc) is 2.18. The number of aromatic nitrogens is 1. The molecule has 4 nitrogen and oxygen atoms in total. The Kier molecular flexibility index (Phi) is 3.40. The van der Waals surface area contributed by atoms with Crippen LogP contribution in [0.25, 0.3) is 0 Å². The second-order valence-corrected chi connectivity index (χ2v) is 2.77. The largest absolute Gasteiger partial charge is 0.288 e. The first-order chi connectivity index (χ1) is 6.27. The van der Waals surface area contributed by atoms with E-state index in [1.807, 2.05) is 0 Å². The van der Waals surface area contributed by atoms with Gasteiger partial charge in [0.2, 0.25) is 0 Å². The first-order valence-electron chi connectivity index (χ1n) is 4.16. The molecule has 4 heteroatoms. The number of nitrogens with zero attached hydrogens (tertiary/aromatic N) is 1. The molecule has 0 radical (unpaired) electrons. The van der Waals surface area contributed by atoms with Crippen LogP contribution in [-0.4, -0.2) is 16.1 Å². The minimum absolute atomic E-state index is 0.383. The molecule has 1 aromatic heterocycles. The Bertz CT molecular complexity index is 299. The number of rotatable bonds is 3. The number of nitrogens with one attached hydrogen (secondary N) is 1. The first kappa shape index (κ1) is 9.67. The fraction of sp³-hybridized carbons (Fsp3) is 0.333. The van der Waals surface area contributed by atoms with E-state index in [0.29, 0.717) is 5.56 Å². The fourth-order valence-electron chi connectivity index (χ4n) is 1.10. The lowest BCUT2D eigenvalue weighted by Crippen LogP contribution is -2.18. The van der Waals surface area contributed by atoms with Crippen molar-refractivity contribution in [3.63, 3.8) is 0 Å². The van der Waals surface area contributed by atoms with E-state index in [2.05, 4.69) is 11.9 Å². The van der Waals surface area contributed by atoms with E-state index >= 15 is 0 Å². The van der Waals surface area contributed by atoms with Crippen LogP contribution in [0.15, 0.2) is 18.5 Å². The lowest BCUT2D eigenvalue weighted by Gasteiger charge is -2.01. The molecule has 1 amide bonds. The van der Waals surface area contributed by atoms with E-state index in [4.69, 9.17) is 5.21 Å². The van der Waals surface area contributed by atoms with Crippen LogP contribution in [0.4, 0.5) is 0 Å². The number of pyridine rings is 1. The van der Waals surface area contributed by atoms with Gasteiger partial charge in [-0.25, -0.2) is 5.48 Å². The van der Waals surface area contributed by atoms with E-state index in [9.17, 15) is 4.79 Å². The standard InChI is InChI=1S/C9H12N2O2/c1-2-3-7-4-8(6-10-5-7)9(12)11-13/h4-6,13H,2-3H2,1H3,(H,11,12).